The minimum absolute atomic E-state index is 0.788. The number of nitrogens with one attached hydrogen (secondary N) is 1. The summed E-state index contributed by atoms with van der Waals surface area (Å²) in [7, 11) is 2.14. The van der Waals surface area contributed by atoms with Gasteiger partial charge in [-0.2, -0.15) is 0 Å². The van der Waals surface area contributed by atoms with Crippen molar-refractivity contribution in [1.82, 2.24) is 14.9 Å². The normalized spacial score (nSPS) is 21.1. The van der Waals surface area contributed by atoms with Crippen molar-refractivity contribution in [2.24, 2.45) is 13.0 Å². The number of rotatable bonds is 2. The molecular weight excluding hydrogens is 222 g/mol. The van der Waals surface area contributed by atoms with Crippen molar-refractivity contribution in [1.29, 1.82) is 0 Å². The molecule has 1 aromatic carbocycles. The van der Waals surface area contributed by atoms with E-state index in [1.807, 2.05) is 0 Å². The first kappa shape index (κ1) is 11.7. The Morgan fingerprint density at radius 3 is 3.06 bits per heavy atom. The minimum atomic E-state index is 0.788. The van der Waals surface area contributed by atoms with Crippen LogP contribution in [-0.4, -0.2) is 22.6 Å². The summed E-state index contributed by atoms with van der Waals surface area (Å²) in [6, 6.07) is 8.41. The molecule has 3 nitrogen and oxygen atoms in total. The zero-order valence-electron chi connectivity index (χ0n) is 11.0. The highest BCUT2D eigenvalue weighted by Crippen LogP contribution is 2.21. The Labute approximate surface area is 108 Å². The van der Waals surface area contributed by atoms with Crippen molar-refractivity contribution in [3.8, 4) is 0 Å². The molecule has 0 radical (unpaired) electrons. The smallest absolute Gasteiger partial charge is 0.109 e. The van der Waals surface area contributed by atoms with Gasteiger partial charge in [-0.25, -0.2) is 4.98 Å². The standard InChI is InChI=1S/C15H21N3/c1-18-14-7-3-2-6-13(14)17-15(18)11-12-5-4-9-16-10-8-12/h2-3,6-7,12,16H,4-5,8-11H2,1H3. The summed E-state index contributed by atoms with van der Waals surface area (Å²) in [6.07, 6.45) is 5.03. The third-order valence-electron chi connectivity index (χ3n) is 4.05. The van der Waals surface area contributed by atoms with E-state index in [1.54, 1.807) is 0 Å². The fourth-order valence-corrected chi connectivity index (χ4v) is 2.93. The molecule has 1 aliphatic rings. The van der Waals surface area contributed by atoms with Crippen LogP contribution < -0.4 is 5.32 Å². The summed E-state index contributed by atoms with van der Waals surface area (Å²) in [5, 5.41) is 3.48. The second kappa shape index (κ2) is 5.11. The number of nitrogens with zero attached hydrogens (tertiary/aromatic N) is 2. The van der Waals surface area contributed by atoms with Gasteiger partial charge in [0.05, 0.1) is 11.0 Å². The molecule has 1 unspecified atom stereocenters. The van der Waals surface area contributed by atoms with Crippen LogP contribution in [0.2, 0.25) is 0 Å². The molecule has 1 atom stereocenters. The summed E-state index contributed by atoms with van der Waals surface area (Å²) in [6.45, 7) is 2.34. The Morgan fingerprint density at radius 1 is 1.28 bits per heavy atom. The minimum Gasteiger partial charge on any atom is -0.331 e. The van der Waals surface area contributed by atoms with Gasteiger partial charge in [-0.05, 0) is 50.4 Å². The number of para-hydroxylation sites is 2. The van der Waals surface area contributed by atoms with Crippen LogP contribution in [0.5, 0.6) is 0 Å². The molecule has 0 aliphatic carbocycles. The molecule has 18 heavy (non-hydrogen) atoms. The van der Waals surface area contributed by atoms with Gasteiger partial charge in [-0.1, -0.05) is 12.1 Å². The van der Waals surface area contributed by atoms with Gasteiger partial charge in [0.2, 0.25) is 0 Å². The highest BCUT2D eigenvalue weighted by Gasteiger charge is 2.16. The lowest BCUT2D eigenvalue weighted by Crippen LogP contribution is -2.15. The second-order valence-electron chi connectivity index (χ2n) is 5.33. The van der Waals surface area contributed by atoms with Gasteiger partial charge in [0.25, 0.3) is 0 Å². The molecule has 0 amide bonds. The average Bonchev–Trinajstić information content (AvgIpc) is 2.58. The maximum absolute atomic E-state index is 4.78. The van der Waals surface area contributed by atoms with E-state index in [9.17, 15) is 0 Å². The zero-order chi connectivity index (χ0) is 12.4. The van der Waals surface area contributed by atoms with Gasteiger partial charge >= 0.3 is 0 Å². The molecule has 2 heterocycles. The Morgan fingerprint density at radius 2 is 2.17 bits per heavy atom. The highest BCUT2D eigenvalue weighted by molar-refractivity contribution is 5.75. The number of benzene rings is 1. The van der Waals surface area contributed by atoms with Crippen LogP contribution in [0, 0.1) is 5.92 Å². The predicted octanol–water partition coefficient (Wildman–Crippen LogP) is 2.51. The second-order valence-corrected chi connectivity index (χ2v) is 5.33. The van der Waals surface area contributed by atoms with Crippen molar-refractivity contribution in [2.75, 3.05) is 13.1 Å². The van der Waals surface area contributed by atoms with E-state index < -0.39 is 0 Å². The first-order valence-corrected chi connectivity index (χ1v) is 6.95. The number of hydrogen-bond acceptors (Lipinski definition) is 2. The fourth-order valence-electron chi connectivity index (χ4n) is 2.93. The van der Waals surface area contributed by atoms with E-state index in [2.05, 4.69) is 41.2 Å². The van der Waals surface area contributed by atoms with Crippen LogP contribution in [0.3, 0.4) is 0 Å². The van der Waals surface area contributed by atoms with Crippen molar-refractivity contribution in [2.45, 2.75) is 25.7 Å². The van der Waals surface area contributed by atoms with E-state index in [0.29, 0.717) is 0 Å². The molecule has 3 rings (SSSR count). The molecule has 96 valence electrons. The summed E-state index contributed by atoms with van der Waals surface area (Å²) in [5.74, 6) is 2.03. The maximum Gasteiger partial charge on any atom is 0.109 e. The molecule has 0 saturated carbocycles. The van der Waals surface area contributed by atoms with E-state index in [0.717, 1.165) is 24.4 Å². The molecule has 0 bridgehead atoms. The number of aryl methyl sites for hydroxylation is 1. The summed E-state index contributed by atoms with van der Waals surface area (Å²) >= 11 is 0. The maximum atomic E-state index is 4.78. The van der Waals surface area contributed by atoms with E-state index in [-0.39, 0.29) is 0 Å². The number of hydrogen-bond donors (Lipinski definition) is 1. The number of imidazole rings is 1. The Bertz CT molecular complexity index is 522. The van der Waals surface area contributed by atoms with Crippen molar-refractivity contribution in [3.05, 3.63) is 30.1 Å². The largest absolute Gasteiger partial charge is 0.331 e. The summed E-state index contributed by atoms with van der Waals surface area (Å²) in [5.41, 5.74) is 2.38. The fraction of sp³-hybridized carbons (Fsp3) is 0.533. The predicted molar refractivity (Wildman–Crippen MR) is 74.6 cm³/mol. The average molecular weight is 243 g/mol. The lowest BCUT2D eigenvalue weighted by molar-refractivity contribution is 0.455. The van der Waals surface area contributed by atoms with Crippen molar-refractivity contribution in [3.63, 3.8) is 0 Å². The molecular formula is C15H21N3. The molecule has 1 saturated heterocycles. The Kier molecular flexibility index (Phi) is 3.33. The van der Waals surface area contributed by atoms with Gasteiger partial charge in [0, 0.05) is 13.5 Å². The molecule has 1 aromatic heterocycles. The van der Waals surface area contributed by atoms with Crippen LogP contribution in [0.15, 0.2) is 24.3 Å². The van der Waals surface area contributed by atoms with Gasteiger partial charge in [-0.15, -0.1) is 0 Å². The molecule has 1 fully saturated rings. The van der Waals surface area contributed by atoms with E-state index in [1.165, 1.54) is 37.1 Å². The first-order valence-electron chi connectivity index (χ1n) is 6.95. The van der Waals surface area contributed by atoms with Crippen molar-refractivity contribution < 1.29 is 0 Å². The summed E-state index contributed by atoms with van der Waals surface area (Å²) < 4.78 is 2.26. The Balaban J connectivity index is 1.83. The molecule has 1 N–H and O–H groups in total. The Hall–Kier alpha value is -1.35. The van der Waals surface area contributed by atoms with Gasteiger partial charge < -0.3 is 9.88 Å². The van der Waals surface area contributed by atoms with Gasteiger partial charge in [0.1, 0.15) is 5.82 Å². The highest BCUT2D eigenvalue weighted by atomic mass is 15.1. The SMILES string of the molecule is Cn1c(CC2CCCNCC2)nc2ccccc21. The lowest BCUT2D eigenvalue weighted by Gasteiger charge is -2.13. The quantitative estimate of drug-likeness (QED) is 0.878. The van der Waals surface area contributed by atoms with Crippen LogP contribution in [0.4, 0.5) is 0 Å². The third-order valence-corrected chi connectivity index (χ3v) is 4.05. The summed E-state index contributed by atoms with van der Waals surface area (Å²) in [4.78, 5) is 4.78. The topological polar surface area (TPSA) is 29.9 Å². The van der Waals surface area contributed by atoms with Crippen LogP contribution in [0.25, 0.3) is 11.0 Å². The number of fused-ring (bicyclic) bond motifs is 1. The lowest BCUT2D eigenvalue weighted by atomic mass is 9.97. The van der Waals surface area contributed by atoms with Crippen LogP contribution >= 0.6 is 0 Å². The first-order chi connectivity index (χ1) is 8.84. The van der Waals surface area contributed by atoms with Crippen LogP contribution in [0.1, 0.15) is 25.1 Å². The molecule has 3 heteroatoms. The van der Waals surface area contributed by atoms with E-state index >= 15 is 0 Å². The zero-order valence-corrected chi connectivity index (χ0v) is 11.0. The van der Waals surface area contributed by atoms with E-state index in [4.69, 9.17) is 4.98 Å². The van der Waals surface area contributed by atoms with Crippen LogP contribution in [-0.2, 0) is 13.5 Å². The van der Waals surface area contributed by atoms with Gasteiger partial charge in [-0.3, -0.25) is 0 Å². The monoisotopic (exact) mass is 243 g/mol. The molecule has 0 spiro atoms. The molecule has 2 aromatic rings. The number of aromatic nitrogens is 2. The van der Waals surface area contributed by atoms with Crippen molar-refractivity contribution >= 4 is 11.0 Å². The molecule has 1 aliphatic heterocycles. The van der Waals surface area contributed by atoms with Gasteiger partial charge in [0.15, 0.2) is 0 Å². The third kappa shape index (κ3) is 2.27.